The Morgan fingerprint density at radius 3 is 2.58 bits per heavy atom. The largest absolute Gasteiger partial charge is 0.324 e. The molecular formula is C11H17Cl2N3O2S. The standard InChI is InChI=1S/C11H15N3O2S.2ClH/c1-2-10(13-5-3-12-4-6-13)9-7-11(14(15)16)17-8-9;;/h2,7-8,10,12H,1,3-6H2;2*1H/t10-;;/m1../s1. The van der Waals surface area contributed by atoms with Crippen molar-refractivity contribution < 1.29 is 4.92 Å². The van der Waals surface area contributed by atoms with Gasteiger partial charge in [0.1, 0.15) is 0 Å². The van der Waals surface area contributed by atoms with Gasteiger partial charge in [-0.1, -0.05) is 17.4 Å². The van der Waals surface area contributed by atoms with Crippen LogP contribution in [0.4, 0.5) is 5.00 Å². The van der Waals surface area contributed by atoms with Gasteiger partial charge in [-0.3, -0.25) is 15.0 Å². The zero-order valence-corrected chi connectivity index (χ0v) is 12.7. The van der Waals surface area contributed by atoms with E-state index in [1.54, 1.807) is 6.07 Å². The predicted molar refractivity (Wildman–Crippen MR) is 82.9 cm³/mol. The maximum Gasteiger partial charge on any atom is 0.324 e. The fourth-order valence-corrected chi connectivity index (χ4v) is 2.80. The topological polar surface area (TPSA) is 58.4 Å². The van der Waals surface area contributed by atoms with Gasteiger partial charge in [0.05, 0.1) is 11.0 Å². The molecule has 1 aliphatic heterocycles. The molecule has 1 atom stereocenters. The van der Waals surface area contributed by atoms with Crippen LogP contribution in [-0.4, -0.2) is 36.0 Å². The highest BCUT2D eigenvalue weighted by Gasteiger charge is 2.22. The normalized spacial score (nSPS) is 16.8. The van der Waals surface area contributed by atoms with E-state index in [4.69, 9.17) is 0 Å². The van der Waals surface area contributed by atoms with E-state index in [1.807, 2.05) is 11.5 Å². The minimum atomic E-state index is -0.341. The molecule has 0 aromatic carbocycles. The van der Waals surface area contributed by atoms with Crippen molar-refractivity contribution in [3.8, 4) is 0 Å². The molecule has 19 heavy (non-hydrogen) atoms. The second kappa shape index (κ2) is 8.50. The van der Waals surface area contributed by atoms with Crippen molar-refractivity contribution in [2.75, 3.05) is 26.2 Å². The van der Waals surface area contributed by atoms with Gasteiger partial charge >= 0.3 is 5.00 Å². The number of hydrogen-bond donors (Lipinski definition) is 1. The van der Waals surface area contributed by atoms with Crippen LogP contribution in [0.2, 0.25) is 0 Å². The summed E-state index contributed by atoms with van der Waals surface area (Å²) >= 11 is 1.18. The SMILES string of the molecule is C=C[C@H](c1csc([N+](=O)[O-])c1)N1CCNCC1.Cl.Cl. The third-order valence-corrected chi connectivity index (χ3v) is 3.79. The van der Waals surface area contributed by atoms with Crippen molar-refractivity contribution in [2.24, 2.45) is 0 Å². The quantitative estimate of drug-likeness (QED) is 0.525. The van der Waals surface area contributed by atoms with Crippen LogP contribution in [0.5, 0.6) is 0 Å². The van der Waals surface area contributed by atoms with Crippen LogP contribution >= 0.6 is 36.2 Å². The van der Waals surface area contributed by atoms with Crippen molar-refractivity contribution in [3.05, 3.63) is 39.8 Å². The van der Waals surface area contributed by atoms with E-state index in [0.717, 1.165) is 31.7 Å². The van der Waals surface area contributed by atoms with Gasteiger partial charge in [-0.05, 0) is 5.56 Å². The number of thiophene rings is 1. The summed E-state index contributed by atoms with van der Waals surface area (Å²) in [6.45, 7) is 7.64. The summed E-state index contributed by atoms with van der Waals surface area (Å²) < 4.78 is 0. The van der Waals surface area contributed by atoms with Gasteiger partial charge in [-0.15, -0.1) is 31.4 Å². The first kappa shape index (κ1) is 18.3. The van der Waals surface area contributed by atoms with Crippen LogP contribution in [0.15, 0.2) is 24.1 Å². The van der Waals surface area contributed by atoms with Gasteiger partial charge in [0.15, 0.2) is 0 Å². The van der Waals surface area contributed by atoms with Gasteiger partial charge < -0.3 is 5.32 Å². The van der Waals surface area contributed by atoms with Gasteiger partial charge in [-0.2, -0.15) is 0 Å². The van der Waals surface area contributed by atoms with E-state index in [-0.39, 0.29) is 40.8 Å². The molecule has 8 heteroatoms. The number of halogens is 2. The van der Waals surface area contributed by atoms with Crippen LogP contribution in [0.3, 0.4) is 0 Å². The summed E-state index contributed by atoms with van der Waals surface area (Å²) in [5, 5.41) is 16.0. The fraction of sp³-hybridized carbons (Fsp3) is 0.455. The minimum Gasteiger partial charge on any atom is -0.314 e. The molecule has 0 unspecified atom stereocenters. The predicted octanol–water partition coefficient (Wildman–Crippen LogP) is 2.63. The molecule has 2 heterocycles. The average molecular weight is 326 g/mol. The van der Waals surface area contributed by atoms with Crippen LogP contribution in [0.25, 0.3) is 0 Å². The molecule has 1 fully saturated rings. The zero-order chi connectivity index (χ0) is 12.3. The van der Waals surface area contributed by atoms with E-state index in [9.17, 15) is 10.1 Å². The first-order valence-corrected chi connectivity index (χ1v) is 6.40. The molecule has 1 aromatic heterocycles. The van der Waals surface area contributed by atoms with E-state index in [0.29, 0.717) is 0 Å². The van der Waals surface area contributed by atoms with Crippen LogP contribution < -0.4 is 5.32 Å². The van der Waals surface area contributed by atoms with E-state index < -0.39 is 0 Å². The molecule has 0 aliphatic carbocycles. The lowest BCUT2D eigenvalue weighted by Gasteiger charge is -2.32. The highest BCUT2D eigenvalue weighted by Crippen LogP contribution is 2.30. The monoisotopic (exact) mass is 325 g/mol. The van der Waals surface area contributed by atoms with E-state index >= 15 is 0 Å². The lowest BCUT2D eigenvalue weighted by molar-refractivity contribution is -0.380. The smallest absolute Gasteiger partial charge is 0.314 e. The second-order valence-electron chi connectivity index (χ2n) is 3.94. The number of nitro groups is 1. The summed E-state index contributed by atoms with van der Waals surface area (Å²) in [6, 6.07) is 1.74. The Morgan fingerprint density at radius 1 is 1.47 bits per heavy atom. The fourth-order valence-electron chi connectivity index (χ4n) is 2.05. The number of rotatable bonds is 4. The molecule has 2 rings (SSSR count). The molecule has 0 spiro atoms. The Hall–Kier alpha value is -0.660. The summed E-state index contributed by atoms with van der Waals surface area (Å²) in [4.78, 5) is 12.6. The van der Waals surface area contributed by atoms with Gasteiger partial charge in [0.2, 0.25) is 0 Å². The Kier molecular flexibility index (Phi) is 8.20. The second-order valence-corrected chi connectivity index (χ2v) is 4.83. The molecular weight excluding hydrogens is 309 g/mol. The van der Waals surface area contributed by atoms with Crippen molar-refractivity contribution >= 4 is 41.2 Å². The first-order chi connectivity index (χ1) is 8.22. The Bertz CT molecular complexity index is 422. The van der Waals surface area contributed by atoms with E-state index in [1.165, 1.54) is 11.3 Å². The molecule has 0 amide bonds. The van der Waals surface area contributed by atoms with Crippen LogP contribution in [0, 0.1) is 10.1 Å². The number of nitrogens with one attached hydrogen (secondary N) is 1. The molecule has 0 radical (unpaired) electrons. The average Bonchev–Trinajstić information content (AvgIpc) is 2.81. The van der Waals surface area contributed by atoms with Gasteiger partial charge in [0, 0.05) is 37.6 Å². The third-order valence-electron chi connectivity index (χ3n) is 2.90. The van der Waals surface area contributed by atoms with Crippen molar-refractivity contribution in [1.29, 1.82) is 0 Å². The lowest BCUT2D eigenvalue weighted by atomic mass is 10.1. The van der Waals surface area contributed by atoms with Crippen LogP contribution in [0.1, 0.15) is 11.6 Å². The van der Waals surface area contributed by atoms with Crippen LogP contribution in [-0.2, 0) is 0 Å². The van der Waals surface area contributed by atoms with E-state index in [2.05, 4.69) is 16.8 Å². The number of hydrogen-bond acceptors (Lipinski definition) is 5. The highest BCUT2D eigenvalue weighted by molar-refractivity contribution is 7.13. The minimum absolute atomic E-state index is 0. The molecule has 5 nitrogen and oxygen atoms in total. The number of nitrogens with zero attached hydrogens (tertiary/aromatic N) is 2. The highest BCUT2D eigenvalue weighted by atomic mass is 35.5. The maximum atomic E-state index is 10.7. The van der Waals surface area contributed by atoms with Crippen molar-refractivity contribution in [1.82, 2.24) is 10.2 Å². The van der Waals surface area contributed by atoms with Crippen molar-refractivity contribution in [3.63, 3.8) is 0 Å². The number of piperazine rings is 1. The molecule has 1 aliphatic rings. The molecule has 1 aromatic rings. The molecule has 0 saturated carbocycles. The Labute approximate surface area is 128 Å². The van der Waals surface area contributed by atoms with Gasteiger partial charge in [0.25, 0.3) is 0 Å². The summed E-state index contributed by atoms with van der Waals surface area (Å²) in [5.74, 6) is 0. The lowest BCUT2D eigenvalue weighted by Crippen LogP contribution is -2.44. The third kappa shape index (κ3) is 4.43. The molecule has 1 saturated heterocycles. The Balaban J connectivity index is 0.00000162. The Morgan fingerprint density at radius 2 is 2.11 bits per heavy atom. The maximum absolute atomic E-state index is 10.7. The summed E-state index contributed by atoms with van der Waals surface area (Å²) in [7, 11) is 0. The summed E-state index contributed by atoms with van der Waals surface area (Å²) in [5.41, 5.74) is 0.971. The van der Waals surface area contributed by atoms with Gasteiger partial charge in [-0.25, -0.2) is 0 Å². The van der Waals surface area contributed by atoms with Crippen molar-refractivity contribution in [2.45, 2.75) is 6.04 Å². The molecule has 1 N–H and O–H groups in total. The molecule has 108 valence electrons. The summed E-state index contributed by atoms with van der Waals surface area (Å²) in [6.07, 6.45) is 1.86. The molecule has 0 bridgehead atoms. The first-order valence-electron chi connectivity index (χ1n) is 5.52. The zero-order valence-electron chi connectivity index (χ0n) is 10.3.